The fourth-order valence-corrected chi connectivity index (χ4v) is 1.68. The van der Waals surface area contributed by atoms with Gasteiger partial charge in [0.05, 0.1) is 25.7 Å². The zero-order valence-corrected chi connectivity index (χ0v) is 11.3. The molecule has 1 amide bonds. The van der Waals surface area contributed by atoms with Gasteiger partial charge in [-0.05, 0) is 12.8 Å². The van der Waals surface area contributed by atoms with Gasteiger partial charge in [-0.1, -0.05) is 26.7 Å². The lowest BCUT2D eigenvalue weighted by molar-refractivity contribution is 0.0151. The molecule has 1 rings (SSSR count). The first kappa shape index (κ1) is 15.0. The Morgan fingerprint density at radius 1 is 1.56 bits per heavy atom. The molecule has 0 aromatic rings. The Kier molecular flexibility index (Phi) is 7.41. The van der Waals surface area contributed by atoms with E-state index in [4.69, 9.17) is 9.47 Å². The van der Waals surface area contributed by atoms with Crippen molar-refractivity contribution in [2.75, 3.05) is 26.3 Å². The molecule has 1 aliphatic rings. The third-order valence-corrected chi connectivity index (χ3v) is 2.80. The molecule has 0 bridgehead atoms. The first-order chi connectivity index (χ1) is 8.76. The summed E-state index contributed by atoms with van der Waals surface area (Å²) < 4.78 is 10.5. The van der Waals surface area contributed by atoms with E-state index in [9.17, 15) is 4.79 Å². The van der Waals surface area contributed by atoms with Crippen LogP contribution in [0.2, 0.25) is 0 Å². The van der Waals surface area contributed by atoms with E-state index < -0.39 is 6.09 Å². The van der Waals surface area contributed by atoms with Crippen molar-refractivity contribution in [2.24, 2.45) is 4.99 Å². The number of carbonyl (C=O) groups excluding carboxylic acids is 1. The van der Waals surface area contributed by atoms with Gasteiger partial charge in [0.2, 0.25) is 0 Å². The van der Waals surface area contributed by atoms with Gasteiger partial charge in [-0.3, -0.25) is 0 Å². The van der Waals surface area contributed by atoms with Crippen LogP contribution in [0.5, 0.6) is 0 Å². The maximum atomic E-state index is 11.3. The third kappa shape index (κ3) is 6.00. The van der Waals surface area contributed by atoms with E-state index in [2.05, 4.69) is 11.9 Å². The molecule has 1 radical (unpaired) electrons. The highest BCUT2D eigenvalue weighted by molar-refractivity contribution is 5.78. The van der Waals surface area contributed by atoms with Crippen molar-refractivity contribution in [3.63, 3.8) is 0 Å². The van der Waals surface area contributed by atoms with Gasteiger partial charge in [0.15, 0.2) is 0 Å². The van der Waals surface area contributed by atoms with Crippen LogP contribution >= 0.6 is 0 Å². The van der Waals surface area contributed by atoms with Crippen LogP contribution in [0.4, 0.5) is 4.79 Å². The van der Waals surface area contributed by atoms with Crippen LogP contribution in [-0.2, 0) is 9.47 Å². The Hall–Kier alpha value is -1.10. The van der Waals surface area contributed by atoms with Gasteiger partial charge >= 0.3 is 6.09 Å². The fraction of sp³-hybridized carbons (Fsp3) is 0.769. The summed E-state index contributed by atoms with van der Waals surface area (Å²) in [7, 11) is 0. The van der Waals surface area contributed by atoms with E-state index in [1.165, 1.54) is 0 Å². The second-order valence-corrected chi connectivity index (χ2v) is 4.30. The van der Waals surface area contributed by atoms with Gasteiger partial charge in [0.1, 0.15) is 0 Å². The van der Waals surface area contributed by atoms with E-state index in [1.807, 2.05) is 18.2 Å². The highest BCUT2D eigenvalue weighted by Crippen LogP contribution is 2.05. The molecule has 5 heteroatoms. The normalized spacial score (nSPS) is 20.3. The lowest BCUT2D eigenvalue weighted by atomic mass is 10.2. The summed E-state index contributed by atoms with van der Waals surface area (Å²) in [6, 6.07) is 0. The first-order valence-corrected chi connectivity index (χ1v) is 6.62. The Morgan fingerprint density at radius 3 is 3.11 bits per heavy atom. The van der Waals surface area contributed by atoms with Crippen LogP contribution in [-0.4, -0.2) is 49.7 Å². The molecule has 1 atom stereocenters. The molecule has 0 spiro atoms. The third-order valence-electron chi connectivity index (χ3n) is 2.80. The minimum absolute atomic E-state index is 0.116. The van der Waals surface area contributed by atoms with Crippen molar-refractivity contribution < 1.29 is 14.3 Å². The molecular weight excluding hydrogens is 232 g/mol. The SMILES string of the molecule is C[CH]C1CN(/C=N/C(=O)OCCCCC)CCO1. The summed E-state index contributed by atoms with van der Waals surface area (Å²) in [6.07, 6.45) is 6.27. The van der Waals surface area contributed by atoms with Crippen molar-refractivity contribution in [3.05, 3.63) is 6.42 Å². The van der Waals surface area contributed by atoms with Crippen molar-refractivity contribution in [1.29, 1.82) is 0 Å². The van der Waals surface area contributed by atoms with Gasteiger partial charge in [-0.15, -0.1) is 0 Å². The maximum absolute atomic E-state index is 11.3. The van der Waals surface area contributed by atoms with Gasteiger partial charge in [0.25, 0.3) is 0 Å². The number of nitrogens with zero attached hydrogens (tertiary/aromatic N) is 2. The molecule has 18 heavy (non-hydrogen) atoms. The van der Waals surface area contributed by atoms with E-state index in [1.54, 1.807) is 6.34 Å². The second-order valence-electron chi connectivity index (χ2n) is 4.30. The molecule has 1 unspecified atom stereocenters. The molecule has 1 aliphatic heterocycles. The van der Waals surface area contributed by atoms with E-state index in [0.717, 1.165) is 32.4 Å². The van der Waals surface area contributed by atoms with Crippen molar-refractivity contribution in [1.82, 2.24) is 4.90 Å². The zero-order valence-electron chi connectivity index (χ0n) is 11.3. The summed E-state index contributed by atoms with van der Waals surface area (Å²) in [6.45, 7) is 6.69. The average Bonchev–Trinajstić information content (AvgIpc) is 2.41. The van der Waals surface area contributed by atoms with Crippen LogP contribution in [0.25, 0.3) is 0 Å². The largest absolute Gasteiger partial charge is 0.448 e. The Bertz CT molecular complexity index is 269. The number of morpholine rings is 1. The summed E-state index contributed by atoms with van der Waals surface area (Å²) in [5, 5.41) is 0. The van der Waals surface area contributed by atoms with Crippen LogP contribution < -0.4 is 0 Å². The lowest BCUT2D eigenvalue weighted by Crippen LogP contribution is -2.41. The van der Waals surface area contributed by atoms with Crippen LogP contribution in [0, 0.1) is 6.42 Å². The molecule has 0 saturated carbocycles. The van der Waals surface area contributed by atoms with Gasteiger partial charge in [-0.25, -0.2) is 4.79 Å². The van der Waals surface area contributed by atoms with Crippen molar-refractivity contribution in [2.45, 2.75) is 39.2 Å². The average molecular weight is 255 g/mol. The maximum Gasteiger partial charge on any atom is 0.434 e. The van der Waals surface area contributed by atoms with Gasteiger partial charge in [0, 0.05) is 13.1 Å². The molecular formula is C13H23N2O3. The van der Waals surface area contributed by atoms with E-state index in [0.29, 0.717) is 13.2 Å². The number of ether oxygens (including phenoxy) is 2. The molecule has 0 aliphatic carbocycles. The zero-order chi connectivity index (χ0) is 13.2. The molecule has 5 nitrogen and oxygen atoms in total. The Morgan fingerprint density at radius 2 is 2.39 bits per heavy atom. The highest BCUT2D eigenvalue weighted by Gasteiger charge is 2.16. The van der Waals surface area contributed by atoms with Crippen LogP contribution in [0.1, 0.15) is 33.1 Å². The predicted molar refractivity (Wildman–Crippen MR) is 70.7 cm³/mol. The van der Waals surface area contributed by atoms with Gasteiger partial charge in [-0.2, -0.15) is 4.99 Å². The van der Waals surface area contributed by atoms with E-state index >= 15 is 0 Å². The monoisotopic (exact) mass is 255 g/mol. The molecule has 103 valence electrons. The van der Waals surface area contributed by atoms with Gasteiger partial charge < -0.3 is 14.4 Å². The van der Waals surface area contributed by atoms with Crippen molar-refractivity contribution in [3.8, 4) is 0 Å². The van der Waals surface area contributed by atoms with E-state index in [-0.39, 0.29) is 6.10 Å². The Balaban J connectivity index is 2.19. The van der Waals surface area contributed by atoms with Crippen LogP contribution in [0.3, 0.4) is 0 Å². The summed E-state index contributed by atoms with van der Waals surface area (Å²) in [5.41, 5.74) is 0. The molecule has 0 N–H and O–H groups in total. The predicted octanol–water partition coefficient (Wildman–Crippen LogP) is 2.27. The topological polar surface area (TPSA) is 51.1 Å². The number of carbonyl (C=O) groups is 1. The minimum Gasteiger partial charge on any atom is -0.448 e. The summed E-state index contributed by atoms with van der Waals surface area (Å²) in [5.74, 6) is 0. The van der Waals surface area contributed by atoms with Crippen LogP contribution in [0.15, 0.2) is 4.99 Å². The smallest absolute Gasteiger partial charge is 0.434 e. The quantitative estimate of drug-likeness (QED) is 0.415. The molecule has 1 fully saturated rings. The molecule has 1 heterocycles. The standard InChI is InChI=1S/C13H23N2O3/c1-3-5-6-8-18-13(16)14-11-15-7-9-17-12(4-2)10-15/h4,11-12H,3,5-10H2,1-2H3/b14-11+. The first-order valence-electron chi connectivity index (χ1n) is 6.62. The second kappa shape index (κ2) is 8.91. The van der Waals surface area contributed by atoms with Crippen molar-refractivity contribution >= 4 is 12.4 Å². The number of aliphatic imine (C=N–C) groups is 1. The number of amides is 1. The number of rotatable bonds is 6. The fourth-order valence-electron chi connectivity index (χ4n) is 1.68. The number of hydrogen-bond acceptors (Lipinski definition) is 3. The Labute approximate surface area is 109 Å². The molecule has 1 saturated heterocycles. The minimum atomic E-state index is -0.505. The highest BCUT2D eigenvalue weighted by atomic mass is 16.5. The lowest BCUT2D eigenvalue weighted by Gasteiger charge is -2.30. The summed E-state index contributed by atoms with van der Waals surface area (Å²) >= 11 is 0. The number of unbranched alkanes of at least 4 members (excludes halogenated alkanes) is 2. The summed E-state index contributed by atoms with van der Waals surface area (Å²) in [4.78, 5) is 17.1. The molecule has 0 aromatic heterocycles. The molecule has 0 aromatic carbocycles. The number of hydrogen-bond donors (Lipinski definition) is 0.